The van der Waals surface area contributed by atoms with Crippen LogP contribution in [0.25, 0.3) is 0 Å². The molecule has 0 saturated heterocycles. The lowest BCUT2D eigenvalue weighted by Crippen LogP contribution is -2.36. The Hall–Kier alpha value is -1.88. The van der Waals surface area contributed by atoms with Gasteiger partial charge in [0.25, 0.3) is 5.91 Å². The summed E-state index contributed by atoms with van der Waals surface area (Å²) in [5.74, 6) is -0.0347. The molecule has 2 rings (SSSR count). The van der Waals surface area contributed by atoms with Crippen molar-refractivity contribution in [3.63, 3.8) is 0 Å². The van der Waals surface area contributed by atoms with E-state index in [2.05, 4.69) is 21.2 Å². The third-order valence-corrected chi connectivity index (χ3v) is 3.79. The molecule has 2 aromatic carbocycles. The molecule has 0 aliphatic carbocycles. The Morgan fingerprint density at radius 1 is 1.32 bits per heavy atom. The fourth-order valence-electron chi connectivity index (χ4n) is 1.91. The fraction of sp³-hybridized carbons (Fsp3) is 0.235. The second-order valence-electron chi connectivity index (χ2n) is 5.00. The summed E-state index contributed by atoms with van der Waals surface area (Å²) in [5, 5.41) is 2.67. The fourth-order valence-corrected chi connectivity index (χ4v) is 2.50. The molecule has 3 nitrogen and oxygen atoms in total. The first kappa shape index (κ1) is 16.5. The summed E-state index contributed by atoms with van der Waals surface area (Å²) in [6.45, 7) is 3.76. The summed E-state index contributed by atoms with van der Waals surface area (Å²) in [6, 6.07) is 12.0. The van der Waals surface area contributed by atoms with Crippen LogP contribution in [0.4, 0.5) is 4.39 Å². The van der Waals surface area contributed by atoms with Crippen molar-refractivity contribution in [1.82, 2.24) is 5.32 Å². The molecule has 2 aromatic rings. The second-order valence-corrected chi connectivity index (χ2v) is 5.86. The normalized spacial score (nSPS) is 11.8. The van der Waals surface area contributed by atoms with Crippen LogP contribution in [-0.4, -0.2) is 12.0 Å². The van der Waals surface area contributed by atoms with Gasteiger partial charge in [0.2, 0.25) is 0 Å². The summed E-state index contributed by atoms with van der Waals surface area (Å²) < 4.78 is 19.9. The first-order chi connectivity index (χ1) is 10.5. The molecule has 1 amide bonds. The molecule has 0 bridgehead atoms. The first-order valence-electron chi connectivity index (χ1n) is 6.91. The van der Waals surface area contributed by atoms with Gasteiger partial charge in [-0.1, -0.05) is 24.3 Å². The van der Waals surface area contributed by atoms with Crippen LogP contribution in [-0.2, 0) is 11.3 Å². The minimum atomic E-state index is -0.675. The Morgan fingerprint density at radius 2 is 2.05 bits per heavy atom. The standard InChI is InChI=1S/C17H17BrFNO2/c1-11-7-8-16(14(18)9-11)22-12(2)17(21)20-10-13-5-3-4-6-15(13)19/h3-9,12H,10H2,1-2H3,(H,20,21). The highest BCUT2D eigenvalue weighted by Crippen LogP contribution is 2.26. The van der Waals surface area contributed by atoms with E-state index >= 15 is 0 Å². The molecule has 1 N–H and O–H groups in total. The highest BCUT2D eigenvalue weighted by molar-refractivity contribution is 9.10. The van der Waals surface area contributed by atoms with E-state index in [1.807, 2.05) is 19.1 Å². The van der Waals surface area contributed by atoms with Crippen molar-refractivity contribution in [2.45, 2.75) is 26.5 Å². The molecular weight excluding hydrogens is 349 g/mol. The molecule has 5 heteroatoms. The number of ether oxygens (including phenoxy) is 1. The molecule has 0 aromatic heterocycles. The Morgan fingerprint density at radius 3 is 2.73 bits per heavy atom. The van der Waals surface area contributed by atoms with Crippen LogP contribution in [0.1, 0.15) is 18.1 Å². The first-order valence-corrected chi connectivity index (χ1v) is 7.70. The summed E-state index contributed by atoms with van der Waals surface area (Å²) in [4.78, 5) is 12.0. The smallest absolute Gasteiger partial charge is 0.261 e. The minimum Gasteiger partial charge on any atom is -0.480 e. The molecule has 0 aliphatic rings. The zero-order chi connectivity index (χ0) is 16.1. The molecule has 0 radical (unpaired) electrons. The van der Waals surface area contributed by atoms with Crippen molar-refractivity contribution in [2.75, 3.05) is 0 Å². The van der Waals surface area contributed by atoms with Gasteiger partial charge in [-0.2, -0.15) is 0 Å². The van der Waals surface area contributed by atoms with Gasteiger partial charge in [-0.3, -0.25) is 4.79 Å². The van der Waals surface area contributed by atoms with Crippen LogP contribution in [0, 0.1) is 12.7 Å². The second kappa shape index (κ2) is 7.40. The van der Waals surface area contributed by atoms with E-state index in [9.17, 15) is 9.18 Å². The van der Waals surface area contributed by atoms with Crippen LogP contribution in [0.2, 0.25) is 0 Å². The Bertz CT molecular complexity index is 675. The molecule has 22 heavy (non-hydrogen) atoms. The number of carbonyl (C=O) groups excluding carboxylic acids is 1. The van der Waals surface area contributed by atoms with Crippen LogP contribution in [0.15, 0.2) is 46.9 Å². The zero-order valence-corrected chi connectivity index (χ0v) is 14.0. The van der Waals surface area contributed by atoms with Gasteiger partial charge in [0.1, 0.15) is 11.6 Å². The SMILES string of the molecule is Cc1ccc(OC(C)C(=O)NCc2ccccc2F)c(Br)c1. The molecule has 0 fully saturated rings. The van der Waals surface area contributed by atoms with Gasteiger partial charge in [-0.25, -0.2) is 4.39 Å². The van der Waals surface area contributed by atoms with Crippen molar-refractivity contribution >= 4 is 21.8 Å². The van der Waals surface area contributed by atoms with Gasteiger partial charge in [0.15, 0.2) is 6.10 Å². The van der Waals surface area contributed by atoms with Gasteiger partial charge >= 0.3 is 0 Å². The number of aryl methyl sites for hydroxylation is 1. The van der Waals surface area contributed by atoms with Gasteiger partial charge < -0.3 is 10.1 Å². The molecular formula is C17H17BrFNO2. The van der Waals surface area contributed by atoms with Crippen LogP contribution in [0.3, 0.4) is 0 Å². The summed E-state index contributed by atoms with van der Waals surface area (Å²) in [6.07, 6.45) is -0.675. The number of nitrogens with one attached hydrogen (secondary N) is 1. The van der Waals surface area contributed by atoms with Crippen LogP contribution < -0.4 is 10.1 Å². The maximum Gasteiger partial charge on any atom is 0.261 e. The number of rotatable bonds is 5. The highest BCUT2D eigenvalue weighted by Gasteiger charge is 2.16. The maximum absolute atomic E-state index is 13.5. The Kier molecular flexibility index (Phi) is 5.55. The molecule has 1 atom stereocenters. The third-order valence-electron chi connectivity index (χ3n) is 3.17. The van der Waals surface area contributed by atoms with Crippen molar-refractivity contribution < 1.29 is 13.9 Å². The average Bonchev–Trinajstić information content (AvgIpc) is 2.49. The van der Waals surface area contributed by atoms with Crippen molar-refractivity contribution in [3.05, 3.63) is 63.9 Å². The predicted octanol–water partition coefficient (Wildman–Crippen LogP) is 3.98. The number of hydrogen-bond donors (Lipinski definition) is 1. The molecule has 116 valence electrons. The van der Waals surface area contributed by atoms with E-state index in [1.54, 1.807) is 31.2 Å². The Labute approximate surface area is 137 Å². The van der Waals surface area contributed by atoms with Crippen LogP contribution in [0.5, 0.6) is 5.75 Å². The number of halogens is 2. The van der Waals surface area contributed by atoms with E-state index in [-0.39, 0.29) is 18.3 Å². The van der Waals surface area contributed by atoms with E-state index < -0.39 is 6.10 Å². The third kappa shape index (κ3) is 4.31. The van der Waals surface area contributed by atoms with Gasteiger partial charge in [0, 0.05) is 12.1 Å². The largest absolute Gasteiger partial charge is 0.480 e. The summed E-state index contributed by atoms with van der Waals surface area (Å²) in [7, 11) is 0. The minimum absolute atomic E-state index is 0.133. The van der Waals surface area contributed by atoms with Gasteiger partial charge in [-0.15, -0.1) is 0 Å². The van der Waals surface area contributed by atoms with Gasteiger partial charge in [-0.05, 0) is 53.5 Å². The number of amides is 1. The van der Waals surface area contributed by atoms with E-state index in [0.717, 1.165) is 10.0 Å². The van der Waals surface area contributed by atoms with Crippen molar-refractivity contribution in [2.24, 2.45) is 0 Å². The lowest BCUT2D eigenvalue weighted by atomic mass is 10.2. The predicted molar refractivity (Wildman–Crippen MR) is 87.2 cm³/mol. The van der Waals surface area contributed by atoms with E-state index in [0.29, 0.717) is 11.3 Å². The van der Waals surface area contributed by atoms with E-state index in [4.69, 9.17) is 4.74 Å². The van der Waals surface area contributed by atoms with Crippen molar-refractivity contribution in [3.8, 4) is 5.75 Å². The molecule has 0 saturated carbocycles. The maximum atomic E-state index is 13.5. The lowest BCUT2D eigenvalue weighted by molar-refractivity contribution is -0.127. The molecule has 0 heterocycles. The Balaban J connectivity index is 1.93. The van der Waals surface area contributed by atoms with Crippen molar-refractivity contribution in [1.29, 1.82) is 0 Å². The summed E-state index contributed by atoms with van der Waals surface area (Å²) >= 11 is 3.40. The van der Waals surface area contributed by atoms with Crippen LogP contribution >= 0.6 is 15.9 Å². The quantitative estimate of drug-likeness (QED) is 0.869. The molecule has 1 unspecified atom stereocenters. The number of hydrogen-bond acceptors (Lipinski definition) is 2. The zero-order valence-electron chi connectivity index (χ0n) is 12.4. The summed E-state index contributed by atoms with van der Waals surface area (Å²) in [5.41, 5.74) is 1.54. The highest BCUT2D eigenvalue weighted by atomic mass is 79.9. The monoisotopic (exact) mass is 365 g/mol. The average molecular weight is 366 g/mol. The topological polar surface area (TPSA) is 38.3 Å². The number of carbonyl (C=O) groups is 1. The molecule has 0 aliphatic heterocycles. The number of benzene rings is 2. The lowest BCUT2D eigenvalue weighted by Gasteiger charge is -2.16. The molecule has 0 spiro atoms. The van der Waals surface area contributed by atoms with Gasteiger partial charge in [0.05, 0.1) is 4.47 Å². The van der Waals surface area contributed by atoms with E-state index in [1.165, 1.54) is 6.07 Å².